The van der Waals surface area contributed by atoms with Crippen molar-refractivity contribution in [2.45, 2.75) is 12.2 Å². The fourth-order valence-electron chi connectivity index (χ4n) is 1.96. The summed E-state index contributed by atoms with van der Waals surface area (Å²) < 4.78 is 0. The van der Waals surface area contributed by atoms with E-state index in [2.05, 4.69) is 28.9 Å². The van der Waals surface area contributed by atoms with E-state index in [1.54, 1.807) is 34.9 Å². The Kier molecular flexibility index (Phi) is 8.18. The number of carbonyl (C=O) groups excluding carboxylic acids is 1. The van der Waals surface area contributed by atoms with Gasteiger partial charge >= 0.3 is 0 Å². The van der Waals surface area contributed by atoms with Gasteiger partial charge in [-0.15, -0.1) is 11.3 Å². The Balaban J connectivity index is 2.26. The van der Waals surface area contributed by atoms with Crippen molar-refractivity contribution in [1.29, 1.82) is 0 Å². The monoisotopic (exact) mass is 398 g/mol. The highest BCUT2D eigenvalue weighted by molar-refractivity contribution is 7.98. The Morgan fingerprint density at radius 2 is 1.92 bits per heavy atom. The molecular formula is C17H19ClN2OS3. The van der Waals surface area contributed by atoms with E-state index in [1.807, 2.05) is 30.5 Å². The number of nitrogens with one attached hydrogen (secondary N) is 1. The topological polar surface area (TPSA) is 41.5 Å². The molecule has 3 nitrogen and oxygen atoms in total. The number of halogens is 1. The Morgan fingerprint density at radius 1 is 1.17 bits per heavy atom. The molecule has 0 unspecified atom stereocenters. The predicted molar refractivity (Wildman–Crippen MR) is 110 cm³/mol. The molecule has 0 fully saturated rings. The van der Waals surface area contributed by atoms with Crippen LogP contribution in [0, 0.1) is 0 Å². The number of hydrazone groups is 1. The van der Waals surface area contributed by atoms with E-state index in [1.165, 1.54) is 4.88 Å². The molecule has 2 aromatic rings. The fraction of sp³-hybridized carbons (Fsp3) is 0.294. The molecular weight excluding hydrogens is 380 g/mol. The average Bonchev–Trinajstić information content (AvgIpc) is 3.03. The molecule has 0 saturated carbocycles. The van der Waals surface area contributed by atoms with Crippen LogP contribution in [0.1, 0.15) is 21.7 Å². The van der Waals surface area contributed by atoms with Gasteiger partial charge in [-0.2, -0.15) is 28.6 Å². The molecule has 7 heteroatoms. The van der Waals surface area contributed by atoms with Crippen molar-refractivity contribution in [3.05, 3.63) is 56.7 Å². The molecule has 24 heavy (non-hydrogen) atoms. The maximum atomic E-state index is 11.9. The summed E-state index contributed by atoms with van der Waals surface area (Å²) in [6, 6.07) is 11.7. The minimum absolute atomic E-state index is 0.0725. The van der Waals surface area contributed by atoms with Gasteiger partial charge in [-0.3, -0.25) is 4.79 Å². The number of hydrogen-bond donors (Lipinski definition) is 1. The molecule has 0 bridgehead atoms. The van der Waals surface area contributed by atoms with Gasteiger partial charge in [0.2, 0.25) is 5.91 Å². The van der Waals surface area contributed by atoms with Gasteiger partial charge in [0.15, 0.2) is 0 Å². The Labute approximate surface area is 160 Å². The van der Waals surface area contributed by atoms with Gasteiger partial charge in [0.1, 0.15) is 5.71 Å². The zero-order valence-corrected chi connectivity index (χ0v) is 16.7. The first-order valence-corrected chi connectivity index (χ1v) is 11.3. The molecule has 2 rings (SSSR count). The summed E-state index contributed by atoms with van der Waals surface area (Å²) in [4.78, 5) is 14.2. The van der Waals surface area contributed by atoms with Gasteiger partial charge in [0, 0.05) is 33.4 Å². The van der Waals surface area contributed by atoms with E-state index in [0.29, 0.717) is 11.4 Å². The zero-order valence-electron chi connectivity index (χ0n) is 13.5. The van der Waals surface area contributed by atoms with Crippen LogP contribution in [0.15, 0.2) is 41.5 Å². The molecule has 1 aromatic carbocycles. The molecule has 0 aliphatic heterocycles. The van der Waals surface area contributed by atoms with Gasteiger partial charge in [-0.25, -0.2) is 5.43 Å². The maximum absolute atomic E-state index is 11.9. The van der Waals surface area contributed by atoms with Crippen LogP contribution >= 0.6 is 46.5 Å². The number of benzene rings is 1. The first kappa shape index (κ1) is 19.4. The summed E-state index contributed by atoms with van der Waals surface area (Å²) >= 11 is 11.1. The van der Waals surface area contributed by atoms with Crippen LogP contribution < -0.4 is 5.43 Å². The largest absolute Gasteiger partial charge is 0.273 e. The molecule has 1 aromatic heterocycles. The second-order valence-corrected chi connectivity index (χ2v) is 8.40. The lowest BCUT2D eigenvalue weighted by molar-refractivity contribution is -0.120. The molecule has 0 spiro atoms. The maximum Gasteiger partial charge on any atom is 0.240 e. The summed E-state index contributed by atoms with van der Waals surface area (Å²) in [5.41, 5.74) is 4.37. The van der Waals surface area contributed by atoms with Crippen LogP contribution in [0.25, 0.3) is 0 Å². The van der Waals surface area contributed by atoms with Crippen LogP contribution in [0.5, 0.6) is 0 Å². The number of nitrogens with zero attached hydrogens (tertiary/aromatic N) is 1. The molecule has 1 amide bonds. The highest BCUT2D eigenvalue weighted by Crippen LogP contribution is 2.24. The minimum Gasteiger partial charge on any atom is -0.273 e. The molecule has 128 valence electrons. The lowest BCUT2D eigenvalue weighted by Gasteiger charge is -2.06. The number of thiophene rings is 1. The minimum atomic E-state index is -0.0725. The van der Waals surface area contributed by atoms with Crippen LogP contribution in [0.3, 0.4) is 0 Å². The van der Waals surface area contributed by atoms with Gasteiger partial charge in [0.05, 0.1) is 4.88 Å². The lowest BCUT2D eigenvalue weighted by atomic mass is 10.1. The van der Waals surface area contributed by atoms with Gasteiger partial charge in [-0.05, 0) is 36.8 Å². The quantitative estimate of drug-likeness (QED) is 0.508. The summed E-state index contributed by atoms with van der Waals surface area (Å²) in [6.07, 6.45) is 4.52. The van der Waals surface area contributed by atoms with E-state index in [9.17, 15) is 4.79 Å². The lowest BCUT2D eigenvalue weighted by Crippen LogP contribution is -2.20. The van der Waals surface area contributed by atoms with Crippen molar-refractivity contribution in [2.24, 2.45) is 5.10 Å². The average molecular weight is 399 g/mol. The number of hydrogen-bond acceptors (Lipinski definition) is 5. The molecule has 1 N–H and O–H groups in total. The van der Waals surface area contributed by atoms with Gasteiger partial charge in [0.25, 0.3) is 0 Å². The smallest absolute Gasteiger partial charge is 0.240 e. The summed E-state index contributed by atoms with van der Waals surface area (Å²) in [5.74, 6) is 1.68. The fourth-order valence-corrected chi connectivity index (χ4v) is 4.26. The third-order valence-corrected chi connectivity index (χ3v) is 5.86. The molecule has 0 aliphatic carbocycles. The third-order valence-electron chi connectivity index (χ3n) is 3.12. The third kappa shape index (κ3) is 5.84. The van der Waals surface area contributed by atoms with Crippen molar-refractivity contribution < 1.29 is 4.79 Å². The van der Waals surface area contributed by atoms with Gasteiger partial charge in [-0.1, -0.05) is 23.7 Å². The molecule has 0 atom stereocenters. The van der Waals surface area contributed by atoms with Crippen molar-refractivity contribution >= 4 is 58.1 Å². The molecule has 0 radical (unpaired) electrons. The molecule has 1 heterocycles. The summed E-state index contributed by atoms with van der Waals surface area (Å²) in [7, 11) is 0. The van der Waals surface area contributed by atoms with Crippen molar-refractivity contribution in [2.75, 3.05) is 18.3 Å². The highest BCUT2D eigenvalue weighted by atomic mass is 35.5. The van der Waals surface area contributed by atoms with Crippen LogP contribution in [-0.2, 0) is 10.5 Å². The number of carbonyl (C=O) groups is 1. The van der Waals surface area contributed by atoms with Crippen LogP contribution in [-0.4, -0.2) is 29.9 Å². The number of thioether (sulfide) groups is 2. The van der Waals surface area contributed by atoms with Crippen LogP contribution in [0.2, 0.25) is 5.02 Å². The van der Waals surface area contributed by atoms with E-state index in [0.717, 1.165) is 27.7 Å². The van der Waals surface area contributed by atoms with E-state index >= 15 is 0 Å². The summed E-state index contributed by atoms with van der Waals surface area (Å²) in [6.45, 7) is 0. The molecule has 0 saturated heterocycles. The first-order valence-electron chi connectivity index (χ1n) is 7.33. The predicted octanol–water partition coefficient (Wildman–Crippen LogP) is 4.89. The van der Waals surface area contributed by atoms with Crippen LogP contribution in [0.4, 0.5) is 0 Å². The number of rotatable bonds is 8. The summed E-state index contributed by atoms with van der Waals surface area (Å²) in [5, 5.41) is 5.07. The second kappa shape index (κ2) is 10.1. The standard InChI is InChI=1S/C17H19ClN2OS3/c1-22-10-9-16(21)19-20-17(12-3-5-13(18)6-4-12)15-8-7-14(24-15)11-23-2/h3-8H,9-11H2,1-2H3,(H,19,21). The Morgan fingerprint density at radius 3 is 2.58 bits per heavy atom. The van der Waals surface area contributed by atoms with Gasteiger partial charge < -0.3 is 0 Å². The van der Waals surface area contributed by atoms with E-state index in [4.69, 9.17) is 11.6 Å². The first-order chi connectivity index (χ1) is 11.6. The van der Waals surface area contributed by atoms with Crippen molar-refractivity contribution in [1.82, 2.24) is 5.43 Å². The number of amides is 1. The van der Waals surface area contributed by atoms with Crippen molar-refractivity contribution in [3.8, 4) is 0 Å². The zero-order chi connectivity index (χ0) is 17.4. The second-order valence-electron chi connectivity index (χ2n) is 4.94. The van der Waals surface area contributed by atoms with Crippen molar-refractivity contribution in [3.63, 3.8) is 0 Å². The normalized spacial score (nSPS) is 11.5. The van der Waals surface area contributed by atoms with E-state index in [-0.39, 0.29) is 5.91 Å². The SMILES string of the molecule is CSCCC(=O)NN=C(c1ccc(Cl)cc1)c1ccc(CSC)s1. The Hall–Kier alpha value is -0.950. The molecule has 0 aliphatic rings. The van der Waals surface area contributed by atoms with E-state index < -0.39 is 0 Å². The Bertz CT molecular complexity index is 698. The highest BCUT2D eigenvalue weighted by Gasteiger charge is 2.11.